The summed E-state index contributed by atoms with van der Waals surface area (Å²) in [7, 11) is 3.96. The lowest BCUT2D eigenvalue weighted by Gasteiger charge is -2.26. The van der Waals surface area contributed by atoms with E-state index in [-0.39, 0.29) is 17.9 Å². The first-order valence-electron chi connectivity index (χ1n) is 12.1. The lowest BCUT2D eigenvalue weighted by Crippen LogP contribution is -2.35. The Morgan fingerprint density at radius 1 is 1.20 bits per heavy atom. The topological polar surface area (TPSA) is 83.4 Å². The molecule has 184 valence electrons. The number of rotatable bonds is 6. The van der Waals surface area contributed by atoms with Crippen molar-refractivity contribution in [2.24, 2.45) is 0 Å². The number of imidazole rings is 1. The number of hydrogen-bond acceptors (Lipinski definition) is 5. The Labute approximate surface area is 206 Å². The van der Waals surface area contributed by atoms with E-state index >= 15 is 0 Å². The predicted octanol–water partition coefficient (Wildman–Crippen LogP) is 3.97. The van der Waals surface area contributed by atoms with Gasteiger partial charge in [-0.2, -0.15) is 0 Å². The molecule has 3 aromatic rings. The number of aromatic nitrogens is 3. The molecule has 0 radical (unpaired) electrons. The van der Waals surface area contributed by atoms with E-state index in [1.165, 1.54) is 0 Å². The molecule has 0 spiro atoms. The molecule has 1 fully saturated rings. The summed E-state index contributed by atoms with van der Waals surface area (Å²) in [5.41, 5.74) is 4.32. The first kappa shape index (κ1) is 24.6. The summed E-state index contributed by atoms with van der Waals surface area (Å²) >= 11 is 0. The molecule has 0 aliphatic carbocycles. The number of aryl methyl sites for hydroxylation is 2. The average molecular weight is 475 g/mol. The number of amides is 2. The molecule has 8 heteroatoms. The Kier molecular flexibility index (Phi) is 7.60. The normalized spacial score (nSPS) is 16.7. The number of pyridine rings is 1. The van der Waals surface area contributed by atoms with Crippen molar-refractivity contribution in [3.63, 3.8) is 0 Å². The maximum Gasteiger partial charge on any atom is 0.259 e. The van der Waals surface area contributed by atoms with E-state index in [0.717, 1.165) is 54.5 Å². The maximum absolute atomic E-state index is 13.1. The van der Waals surface area contributed by atoms with Gasteiger partial charge in [0.25, 0.3) is 5.91 Å². The molecule has 2 amide bonds. The van der Waals surface area contributed by atoms with E-state index < -0.39 is 0 Å². The number of likely N-dealkylation sites (tertiary alicyclic amines) is 1. The van der Waals surface area contributed by atoms with Crippen LogP contribution in [0.2, 0.25) is 0 Å². The van der Waals surface area contributed by atoms with Gasteiger partial charge in [-0.25, -0.2) is 4.98 Å². The summed E-state index contributed by atoms with van der Waals surface area (Å²) in [5.74, 6) is 0.281. The highest BCUT2D eigenvalue weighted by Gasteiger charge is 2.27. The second-order valence-electron chi connectivity index (χ2n) is 9.55. The molecular formula is C27H34N6O2. The Hall–Kier alpha value is -3.52. The van der Waals surface area contributed by atoms with Gasteiger partial charge in [0.15, 0.2) is 0 Å². The maximum atomic E-state index is 13.1. The second-order valence-corrected chi connectivity index (χ2v) is 9.55. The molecule has 0 saturated carbocycles. The van der Waals surface area contributed by atoms with Crippen LogP contribution in [0, 0.1) is 13.8 Å². The number of carbonyl (C=O) groups is 2. The molecule has 1 saturated heterocycles. The minimum Gasteiger partial charge on any atom is -0.337 e. The molecule has 0 unspecified atom stereocenters. The van der Waals surface area contributed by atoms with Crippen LogP contribution in [0.15, 0.2) is 48.8 Å². The number of nitrogens with zero attached hydrogens (tertiary/aromatic N) is 5. The van der Waals surface area contributed by atoms with Crippen molar-refractivity contribution in [2.45, 2.75) is 39.2 Å². The minimum absolute atomic E-state index is 0.000679. The third kappa shape index (κ3) is 5.77. The summed E-state index contributed by atoms with van der Waals surface area (Å²) in [5, 5.41) is 3.03. The average Bonchev–Trinajstić information content (AvgIpc) is 3.01. The Balaban J connectivity index is 1.68. The molecule has 3 heterocycles. The van der Waals surface area contributed by atoms with Crippen molar-refractivity contribution < 1.29 is 9.59 Å². The van der Waals surface area contributed by atoms with E-state index in [0.29, 0.717) is 18.1 Å². The highest BCUT2D eigenvalue weighted by molar-refractivity contribution is 6.04. The van der Waals surface area contributed by atoms with Gasteiger partial charge in [-0.3, -0.25) is 19.9 Å². The molecule has 1 aromatic carbocycles. The molecule has 1 atom stereocenters. The largest absolute Gasteiger partial charge is 0.337 e. The Morgan fingerprint density at radius 2 is 2.03 bits per heavy atom. The van der Waals surface area contributed by atoms with Crippen LogP contribution in [-0.4, -0.2) is 69.9 Å². The summed E-state index contributed by atoms with van der Waals surface area (Å²) < 4.78 is 2.13. The molecule has 1 aliphatic heterocycles. The zero-order valence-corrected chi connectivity index (χ0v) is 21.0. The Bertz CT molecular complexity index is 1250. The summed E-state index contributed by atoms with van der Waals surface area (Å²) in [4.78, 5) is 39.0. The molecule has 35 heavy (non-hydrogen) atoms. The fraction of sp³-hybridized carbons (Fsp3) is 0.407. The molecule has 1 aliphatic rings. The zero-order valence-electron chi connectivity index (χ0n) is 21.0. The standard InChI is InChI=1S/C27H34N6O2/c1-19-15-21(17-28-16-19)26(35)30-27-29-23-11-7-9-20(2)25(23)33(27)22-10-5-6-14-32(18-22)24(34)12-8-13-31(3)4/h7-9,11-12,15-17,22H,5-6,10,13-14,18H2,1-4H3,(H,29,30,35)/b12-8+/t22-/m1/s1. The minimum atomic E-state index is -0.247. The smallest absolute Gasteiger partial charge is 0.259 e. The number of fused-ring (bicyclic) bond motifs is 1. The quantitative estimate of drug-likeness (QED) is 0.547. The number of likely N-dealkylation sites (N-methyl/N-ethyl adjacent to an activating group) is 1. The fourth-order valence-electron chi connectivity index (χ4n) is 4.62. The molecular weight excluding hydrogens is 440 g/mol. The van der Waals surface area contributed by atoms with Crippen molar-refractivity contribution in [3.8, 4) is 0 Å². The third-order valence-electron chi connectivity index (χ3n) is 6.33. The van der Waals surface area contributed by atoms with Gasteiger partial charge in [0.1, 0.15) is 0 Å². The lowest BCUT2D eigenvalue weighted by atomic mass is 10.1. The number of carbonyl (C=O) groups excluding carboxylic acids is 2. The molecule has 4 rings (SSSR count). The van der Waals surface area contributed by atoms with Gasteiger partial charge >= 0.3 is 0 Å². The van der Waals surface area contributed by atoms with E-state index in [9.17, 15) is 9.59 Å². The van der Waals surface area contributed by atoms with Crippen molar-refractivity contribution >= 4 is 28.8 Å². The number of para-hydroxylation sites is 1. The van der Waals surface area contributed by atoms with Crippen LogP contribution in [0.3, 0.4) is 0 Å². The highest BCUT2D eigenvalue weighted by Crippen LogP contribution is 2.32. The van der Waals surface area contributed by atoms with Gasteiger partial charge < -0.3 is 14.4 Å². The van der Waals surface area contributed by atoms with E-state index in [1.54, 1.807) is 18.5 Å². The van der Waals surface area contributed by atoms with Crippen molar-refractivity contribution in [1.82, 2.24) is 24.3 Å². The van der Waals surface area contributed by atoms with Gasteiger partial charge in [0, 0.05) is 38.1 Å². The summed E-state index contributed by atoms with van der Waals surface area (Å²) in [6, 6.07) is 7.81. The van der Waals surface area contributed by atoms with Gasteiger partial charge in [-0.05, 0) is 70.5 Å². The molecule has 8 nitrogen and oxygen atoms in total. The molecule has 0 bridgehead atoms. The van der Waals surface area contributed by atoms with Crippen LogP contribution in [0.25, 0.3) is 11.0 Å². The number of hydrogen-bond donors (Lipinski definition) is 1. The SMILES string of the molecule is Cc1cncc(C(=O)Nc2nc3cccc(C)c3n2[C@@H]2CCCCN(C(=O)/C=C/CN(C)C)C2)c1. The van der Waals surface area contributed by atoms with Crippen LogP contribution < -0.4 is 5.32 Å². The molecule has 2 aromatic heterocycles. The van der Waals surface area contributed by atoms with Crippen molar-refractivity contribution in [2.75, 3.05) is 39.0 Å². The lowest BCUT2D eigenvalue weighted by molar-refractivity contribution is -0.126. The number of nitrogens with one attached hydrogen (secondary N) is 1. The van der Waals surface area contributed by atoms with E-state index in [4.69, 9.17) is 4.98 Å². The van der Waals surface area contributed by atoms with Gasteiger partial charge in [-0.1, -0.05) is 18.2 Å². The van der Waals surface area contributed by atoms with E-state index in [2.05, 4.69) is 27.9 Å². The van der Waals surface area contributed by atoms with Crippen LogP contribution in [0.1, 0.15) is 46.8 Å². The monoisotopic (exact) mass is 474 g/mol. The molecule has 1 N–H and O–H groups in total. The van der Waals surface area contributed by atoms with Crippen LogP contribution in [0.5, 0.6) is 0 Å². The van der Waals surface area contributed by atoms with Crippen LogP contribution in [-0.2, 0) is 4.79 Å². The number of benzene rings is 1. The second kappa shape index (κ2) is 10.8. The fourth-order valence-corrected chi connectivity index (χ4v) is 4.62. The Morgan fingerprint density at radius 3 is 2.80 bits per heavy atom. The van der Waals surface area contributed by atoms with Crippen molar-refractivity contribution in [3.05, 3.63) is 65.5 Å². The van der Waals surface area contributed by atoms with Gasteiger partial charge in [-0.15, -0.1) is 0 Å². The van der Waals surface area contributed by atoms with Gasteiger partial charge in [0.2, 0.25) is 11.9 Å². The first-order valence-corrected chi connectivity index (χ1v) is 12.1. The van der Waals surface area contributed by atoms with Crippen LogP contribution >= 0.6 is 0 Å². The predicted molar refractivity (Wildman–Crippen MR) is 139 cm³/mol. The van der Waals surface area contributed by atoms with Crippen LogP contribution in [0.4, 0.5) is 5.95 Å². The summed E-state index contributed by atoms with van der Waals surface area (Å²) in [6.07, 6.45) is 9.71. The zero-order chi connectivity index (χ0) is 24.9. The first-order chi connectivity index (χ1) is 16.8. The number of anilines is 1. The van der Waals surface area contributed by atoms with Crippen molar-refractivity contribution in [1.29, 1.82) is 0 Å². The third-order valence-corrected chi connectivity index (χ3v) is 6.33. The van der Waals surface area contributed by atoms with Gasteiger partial charge in [0.05, 0.1) is 22.6 Å². The summed E-state index contributed by atoms with van der Waals surface area (Å²) in [6.45, 7) is 5.98. The van der Waals surface area contributed by atoms with E-state index in [1.807, 2.05) is 55.1 Å². The highest BCUT2D eigenvalue weighted by atomic mass is 16.2.